The number of thioether (sulfide) groups is 1. The highest BCUT2D eigenvalue weighted by Crippen LogP contribution is 2.38. The maximum Gasteiger partial charge on any atom is 0.231 e. The Kier molecular flexibility index (Phi) is 4.76. The Labute approximate surface area is 147 Å². The largest absolute Gasteiger partial charge is 0.492 e. The van der Waals surface area contributed by atoms with Gasteiger partial charge in [-0.3, -0.25) is 0 Å². The van der Waals surface area contributed by atoms with Crippen molar-refractivity contribution in [3.63, 3.8) is 0 Å². The maximum atomic E-state index is 9.94. The molecule has 0 saturated heterocycles. The van der Waals surface area contributed by atoms with Crippen molar-refractivity contribution in [1.29, 1.82) is 5.41 Å². The van der Waals surface area contributed by atoms with Gasteiger partial charge in [0.05, 0.1) is 0 Å². The Bertz CT molecular complexity index is 899. The molecule has 3 rings (SSSR count). The lowest BCUT2D eigenvalue weighted by molar-refractivity contribution is 0.450. The minimum Gasteiger partial charge on any atom is -0.492 e. The van der Waals surface area contributed by atoms with Gasteiger partial charge in [0.1, 0.15) is 10.0 Å². The highest BCUT2D eigenvalue weighted by molar-refractivity contribution is 7.98. The molecule has 0 saturated carbocycles. The van der Waals surface area contributed by atoms with Gasteiger partial charge in [-0.05, 0) is 23.3 Å². The first kappa shape index (κ1) is 16.1. The van der Waals surface area contributed by atoms with Crippen molar-refractivity contribution in [3.8, 4) is 5.88 Å². The van der Waals surface area contributed by atoms with E-state index in [1.807, 2.05) is 24.3 Å². The Morgan fingerprint density at radius 2 is 1.91 bits per heavy atom. The van der Waals surface area contributed by atoms with Crippen molar-refractivity contribution in [2.45, 2.75) is 10.8 Å². The van der Waals surface area contributed by atoms with Gasteiger partial charge in [-0.2, -0.15) is 0 Å². The van der Waals surface area contributed by atoms with Gasteiger partial charge in [-0.1, -0.05) is 53.5 Å². The van der Waals surface area contributed by atoms with Crippen molar-refractivity contribution in [2.24, 2.45) is 0 Å². The van der Waals surface area contributed by atoms with E-state index in [9.17, 15) is 5.11 Å². The first-order chi connectivity index (χ1) is 11.1. The van der Waals surface area contributed by atoms with E-state index in [1.54, 1.807) is 18.2 Å². The van der Waals surface area contributed by atoms with Crippen molar-refractivity contribution in [1.82, 2.24) is 4.98 Å². The third-order valence-electron chi connectivity index (χ3n) is 3.43. The number of hydrogen-bond acceptors (Lipinski definition) is 4. The topological polar surface area (TPSA) is 57.0 Å². The summed E-state index contributed by atoms with van der Waals surface area (Å²) in [6, 6.07) is 13.0. The fraction of sp³-hybridized carbons (Fsp3) is 0.0588. The number of fused-ring (bicyclic) bond motifs is 1. The molecule has 23 heavy (non-hydrogen) atoms. The zero-order valence-corrected chi connectivity index (χ0v) is 14.2. The van der Waals surface area contributed by atoms with Gasteiger partial charge in [0.25, 0.3) is 0 Å². The molecule has 0 aliphatic heterocycles. The molecule has 116 valence electrons. The Morgan fingerprint density at radius 1 is 1.13 bits per heavy atom. The molecular formula is C17H12Cl2N2OS. The van der Waals surface area contributed by atoms with Gasteiger partial charge in [-0.25, -0.2) is 4.98 Å². The standard InChI is InChI=1S/C17H12Cl2N2OS/c18-12-5-6-13-14(7-12)17(21-16(22)15(13)19)23-9-11-4-2-1-3-10(11)8-20/h1-8,20H,9H2,(H,21,22). The van der Waals surface area contributed by atoms with Crippen LogP contribution in [0.15, 0.2) is 47.5 Å². The monoisotopic (exact) mass is 362 g/mol. The molecule has 0 spiro atoms. The summed E-state index contributed by atoms with van der Waals surface area (Å²) in [7, 11) is 0. The number of aromatic nitrogens is 1. The summed E-state index contributed by atoms with van der Waals surface area (Å²) in [5, 5.41) is 20.4. The van der Waals surface area contributed by atoms with Crippen LogP contribution in [0.5, 0.6) is 5.88 Å². The van der Waals surface area contributed by atoms with Crippen LogP contribution >= 0.6 is 35.0 Å². The number of halogens is 2. The van der Waals surface area contributed by atoms with Crippen molar-refractivity contribution >= 4 is 52.0 Å². The first-order valence-electron chi connectivity index (χ1n) is 6.79. The third-order valence-corrected chi connectivity index (χ3v) is 5.07. The molecule has 2 N–H and O–H groups in total. The summed E-state index contributed by atoms with van der Waals surface area (Å²) >= 11 is 13.7. The number of hydrogen-bond donors (Lipinski definition) is 2. The van der Waals surface area contributed by atoms with Crippen LogP contribution in [0.2, 0.25) is 10.0 Å². The number of pyridine rings is 1. The highest BCUT2D eigenvalue weighted by Gasteiger charge is 2.13. The molecule has 0 aliphatic carbocycles. The molecule has 0 fully saturated rings. The third kappa shape index (κ3) is 3.29. The maximum absolute atomic E-state index is 9.94. The molecule has 0 amide bonds. The molecule has 0 atom stereocenters. The van der Waals surface area contributed by atoms with Crippen LogP contribution in [-0.2, 0) is 5.75 Å². The molecule has 2 aromatic carbocycles. The lowest BCUT2D eigenvalue weighted by Gasteiger charge is -2.10. The average molecular weight is 363 g/mol. The molecule has 0 bridgehead atoms. The van der Waals surface area contributed by atoms with E-state index in [4.69, 9.17) is 28.6 Å². The average Bonchev–Trinajstić information content (AvgIpc) is 2.57. The van der Waals surface area contributed by atoms with E-state index in [0.717, 1.165) is 16.5 Å². The Hall–Kier alpha value is -1.75. The summed E-state index contributed by atoms with van der Waals surface area (Å²) < 4.78 is 0. The highest BCUT2D eigenvalue weighted by atomic mass is 35.5. The zero-order valence-electron chi connectivity index (χ0n) is 11.9. The quantitative estimate of drug-likeness (QED) is 0.473. The molecule has 1 heterocycles. The number of nitrogens with zero attached hydrogens (tertiary/aromatic N) is 1. The SMILES string of the molecule is N=Cc1ccccc1CSc1nc(O)c(Cl)c2ccc(Cl)cc12. The summed E-state index contributed by atoms with van der Waals surface area (Å²) in [5.74, 6) is 0.436. The summed E-state index contributed by atoms with van der Waals surface area (Å²) in [6.45, 7) is 0. The van der Waals surface area contributed by atoms with Crippen LogP contribution in [-0.4, -0.2) is 16.3 Å². The Balaban J connectivity index is 2.01. The van der Waals surface area contributed by atoms with Crippen LogP contribution in [0.1, 0.15) is 11.1 Å². The molecule has 3 nitrogen and oxygen atoms in total. The van der Waals surface area contributed by atoms with Gasteiger partial charge in [0.2, 0.25) is 5.88 Å². The van der Waals surface area contributed by atoms with Gasteiger partial charge in [0, 0.05) is 27.8 Å². The molecule has 1 aromatic heterocycles. The fourth-order valence-corrected chi connectivity index (χ4v) is 3.68. The second kappa shape index (κ2) is 6.79. The van der Waals surface area contributed by atoms with Gasteiger partial charge >= 0.3 is 0 Å². The van der Waals surface area contributed by atoms with Crippen LogP contribution in [0, 0.1) is 5.41 Å². The van der Waals surface area contributed by atoms with Crippen molar-refractivity contribution in [3.05, 3.63) is 63.6 Å². The predicted octanol–water partition coefficient (Wildman–Crippen LogP) is 5.54. The van der Waals surface area contributed by atoms with Gasteiger partial charge in [0.15, 0.2) is 0 Å². The number of nitrogens with one attached hydrogen (secondary N) is 1. The Morgan fingerprint density at radius 3 is 2.70 bits per heavy atom. The number of rotatable bonds is 4. The van der Waals surface area contributed by atoms with E-state index in [-0.39, 0.29) is 10.9 Å². The molecule has 3 aromatic rings. The van der Waals surface area contributed by atoms with Crippen LogP contribution in [0.4, 0.5) is 0 Å². The lowest BCUT2D eigenvalue weighted by Crippen LogP contribution is -1.92. The van der Waals surface area contributed by atoms with Crippen LogP contribution in [0.3, 0.4) is 0 Å². The van der Waals surface area contributed by atoms with Crippen molar-refractivity contribution in [2.75, 3.05) is 0 Å². The van der Waals surface area contributed by atoms with Crippen molar-refractivity contribution < 1.29 is 5.11 Å². The molecule has 0 aliphatic rings. The van der Waals surface area contributed by atoms with Crippen LogP contribution in [0.25, 0.3) is 10.8 Å². The van der Waals surface area contributed by atoms with E-state index in [2.05, 4.69) is 4.98 Å². The molecule has 6 heteroatoms. The normalized spacial score (nSPS) is 10.9. The van der Waals surface area contributed by atoms with E-state index < -0.39 is 0 Å². The smallest absolute Gasteiger partial charge is 0.231 e. The second-order valence-electron chi connectivity index (χ2n) is 4.88. The van der Waals surface area contributed by atoms with E-state index >= 15 is 0 Å². The van der Waals surface area contributed by atoms with Gasteiger partial charge in [-0.15, -0.1) is 11.8 Å². The second-order valence-corrected chi connectivity index (χ2v) is 6.65. The number of aromatic hydroxyl groups is 1. The lowest BCUT2D eigenvalue weighted by atomic mass is 10.1. The summed E-state index contributed by atoms with van der Waals surface area (Å²) in [5.41, 5.74) is 1.89. The number of benzene rings is 2. The van der Waals surface area contributed by atoms with Crippen LogP contribution < -0.4 is 0 Å². The summed E-state index contributed by atoms with van der Waals surface area (Å²) in [6.07, 6.45) is 1.33. The minimum absolute atomic E-state index is 0.190. The van der Waals surface area contributed by atoms with Gasteiger partial charge < -0.3 is 10.5 Å². The first-order valence-corrected chi connectivity index (χ1v) is 8.53. The molecule has 0 unspecified atom stereocenters. The predicted molar refractivity (Wildman–Crippen MR) is 97.3 cm³/mol. The molecular weight excluding hydrogens is 351 g/mol. The minimum atomic E-state index is -0.190. The summed E-state index contributed by atoms with van der Waals surface area (Å²) in [4.78, 5) is 4.18. The van der Waals surface area contributed by atoms with E-state index in [0.29, 0.717) is 21.2 Å². The molecule has 0 radical (unpaired) electrons. The zero-order chi connectivity index (χ0) is 16.4. The van der Waals surface area contributed by atoms with E-state index in [1.165, 1.54) is 18.0 Å². The fourth-order valence-electron chi connectivity index (χ4n) is 2.27.